The fraction of sp³-hybridized carbons (Fsp3) is 0.760. The van der Waals surface area contributed by atoms with E-state index in [-0.39, 0.29) is 34.0 Å². The smallest absolute Gasteiger partial charge is 0.165 e. The number of aromatic hydroxyl groups is 1. The van der Waals surface area contributed by atoms with Crippen molar-refractivity contribution in [3.05, 3.63) is 23.3 Å². The number of hydrogen-bond donors (Lipinski definition) is 3. The highest BCUT2D eigenvalue weighted by Crippen LogP contribution is 2.77. The quantitative estimate of drug-likeness (QED) is 0.694. The minimum Gasteiger partial charge on any atom is -0.504 e. The number of piperidine rings is 1. The summed E-state index contributed by atoms with van der Waals surface area (Å²) in [6.07, 6.45) is 4.66. The van der Waals surface area contributed by atoms with E-state index in [1.165, 1.54) is 11.1 Å². The molecule has 3 N–H and O–H groups in total. The molecule has 7 atom stereocenters. The van der Waals surface area contributed by atoms with Gasteiger partial charge in [-0.25, -0.2) is 0 Å². The molecule has 0 amide bonds. The van der Waals surface area contributed by atoms with Crippen LogP contribution in [0.4, 0.5) is 0 Å². The molecular formula is C25H35NO4. The third-order valence-corrected chi connectivity index (χ3v) is 10.4. The number of phenolic OH excluding ortho intramolecular Hbond substituents is 1. The lowest BCUT2D eigenvalue weighted by Gasteiger charge is -2.74. The van der Waals surface area contributed by atoms with Crippen molar-refractivity contribution in [3.8, 4) is 11.5 Å². The zero-order chi connectivity index (χ0) is 21.3. The Morgan fingerprint density at radius 3 is 2.63 bits per heavy atom. The van der Waals surface area contributed by atoms with E-state index in [1.807, 2.05) is 6.92 Å². The van der Waals surface area contributed by atoms with E-state index in [4.69, 9.17) is 9.47 Å². The molecule has 164 valence electrons. The second-order valence-corrected chi connectivity index (χ2v) is 11.8. The highest BCUT2D eigenvalue weighted by atomic mass is 16.6. The first-order valence-corrected chi connectivity index (χ1v) is 11.6. The van der Waals surface area contributed by atoms with E-state index in [0.717, 1.165) is 38.6 Å². The van der Waals surface area contributed by atoms with Crippen LogP contribution < -0.4 is 10.1 Å². The van der Waals surface area contributed by atoms with Gasteiger partial charge in [0.1, 0.15) is 11.7 Å². The second kappa shape index (κ2) is 5.36. The van der Waals surface area contributed by atoms with Crippen LogP contribution in [0.15, 0.2) is 12.1 Å². The minimum absolute atomic E-state index is 0.0160. The molecular weight excluding hydrogens is 378 g/mol. The molecule has 4 bridgehead atoms. The molecule has 5 nitrogen and oxygen atoms in total. The summed E-state index contributed by atoms with van der Waals surface area (Å²) < 4.78 is 13.2. The van der Waals surface area contributed by atoms with Gasteiger partial charge in [-0.15, -0.1) is 0 Å². The number of benzene rings is 1. The van der Waals surface area contributed by atoms with Crippen LogP contribution in [0.5, 0.6) is 11.5 Å². The van der Waals surface area contributed by atoms with Gasteiger partial charge in [0, 0.05) is 35.5 Å². The first kappa shape index (κ1) is 19.4. The summed E-state index contributed by atoms with van der Waals surface area (Å²) in [5.41, 5.74) is 0.658. The van der Waals surface area contributed by atoms with Crippen molar-refractivity contribution in [1.82, 2.24) is 5.32 Å². The number of methoxy groups -OCH3 is 1. The van der Waals surface area contributed by atoms with E-state index < -0.39 is 11.2 Å². The van der Waals surface area contributed by atoms with Crippen LogP contribution in [-0.2, 0) is 16.6 Å². The zero-order valence-corrected chi connectivity index (χ0v) is 18.8. The SMILES string of the molecule is CO[C@]12CC[C@@]3(C[C@@H]1[C@](C)(O)C(C)(C)C)C1Cc4ccc(O)c5c4[C@@]3(CCN1)[C@H]2O5. The number of rotatable bonds is 2. The van der Waals surface area contributed by atoms with Crippen molar-refractivity contribution in [2.24, 2.45) is 16.7 Å². The van der Waals surface area contributed by atoms with Crippen LogP contribution in [0, 0.1) is 16.7 Å². The fourth-order valence-corrected chi connectivity index (χ4v) is 8.53. The lowest BCUT2D eigenvalue weighted by atomic mass is 9.33. The van der Waals surface area contributed by atoms with Gasteiger partial charge in [-0.2, -0.15) is 0 Å². The number of ether oxygens (including phenoxy) is 2. The molecule has 5 heteroatoms. The Balaban J connectivity index is 1.65. The Morgan fingerprint density at radius 1 is 1.17 bits per heavy atom. The zero-order valence-electron chi connectivity index (χ0n) is 18.8. The topological polar surface area (TPSA) is 71.0 Å². The molecule has 2 spiro atoms. The maximum absolute atomic E-state index is 12.0. The van der Waals surface area contributed by atoms with Crippen molar-refractivity contribution in [3.63, 3.8) is 0 Å². The molecule has 1 unspecified atom stereocenters. The number of aliphatic hydroxyl groups is 1. The Morgan fingerprint density at radius 2 is 1.93 bits per heavy atom. The van der Waals surface area contributed by atoms with Crippen molar-refractivity contribution in [2.45, 2.75) is 88.6 Å². The second-order valence-electron chi connectivity index (χ2n) is 11.8. The maximum Gasteiger partial charge on any atom is 0.165 e. The van der Waals surface area contributed by atoms with Crippen molar-refractivity contribution in [1.29, 1.82) is 0 Å². The van der Waals surface area contributed by atoms with Gasteiger partial charge >= 0.3 is 0 Å². The average molecular weight is 414 g/mol. The van der Waals surface area contributed by atoms with Crippen molar-refractivity contribution in [2.75, 3.05) is 13.7 Å². The lowest BCUT2D eigenvalue weighted by molar-refractivity contribution is -0.303. The fourth-order valence-electron chi connectivity index (χ4n) is 8.53. The third-order valence-electron chi connectivity index (χ3n) is 10.4. The summed E-state index contributed by atoms with van der Waals surface area (Å²) in [7, 11) is 1.80. The molecule has 2 aliphatic heterocycles. The van der Waals surface area contributed by atoms with Crippen LogP contribution in [-0.4, -0.2) is 47.2 Å². The molecule has 30 heavy (non-hydrogen) atoms. The molecule has 0 radical (unpaired) electrons. The van der Waals surface area contributed by atoms with Crippen LogP contribution in [0.25, 0.3) is 0 Å². The number of phenols is 1. The molecule has 3 saturated carbocycles. The number of fused-ring (bicyclic) bond motifs is 2. The van der Waals surface area contributed by atoms with Crippen LogP contribution in [0.2, 0.25) is 0 Å². The Bertz CT molecular complexity index is 936. The van der Waals surface area contributed by atoms with Gasteiger partial charge in [0.05, 0.1) is 5.60 Å². The molecule has 0 aromatic heterocycles. The summed E-state index contributed by atoms with van der Waals surface area (Å²) in [5.74, 6) is 0.887. The lowest BCUT2D eigenvalue weighted by Crippen LogP contribution is -2.83. The molecule has 1 aromatic rings. The minimum atomic E-state index is -0.910. The first-order chi connectivity index (χ1) is 14.1. The molecule has 1 saturated heterocycles. The Hall–Kier alpha value is -1.30. The van der Waals surface area contributed by atoms with E-state index in [2.05, 4.69) is 32.2 Å². The van der Waals surface area contributed by atoms with Crippen molar-refractivity contribution >= 4 is 0 Å². The summed E-state index contributed by atoms with van der Waals surface area (Å²) in [6, 6.07) is 4.26. The van der Waals surface area contributed by atoms with Gasteiger partial charge in [0.25, 0.3) is 0 Å². The molecule has 2 heterocycles. The first-order valence-electron chi connectivity index (χ1n) is 11.6. The monoisotopic (exact) mass is 413 g/mol. The molecule has 7 rings (SSSR count). The van der Waals surface area contributed by atoms with Crippen LogP contribution in [0.3, 0.4) is 0 Å². The van der Waals surface area contributed by atoms with Gasteiger partial charge in [0.15, 0.2) is 11.5 Å². The highest BCUT2D eigenvalue weighted by Gasteiger charge is 2.81. The van der Waals surface area contributed by atoms with E-state index >= 15 is 0 Å². The van der Waals surface area contributed by atoms with Gasteiger partial charge in [-0.3, -0.25) is 0 Å². The van der Waals surface area contributed by atoms with Crippen molar-refractivity contribution < 1.29 is 19.7 Å². The maximum atomic E-state index is 12.0. The molecule has 4 aliphatic carbocycles. The van der Waals surface area contributed by atoms with Gasteiger partial charge in [0.2, 0.25) is 0 Å². The Labute approximate surface area is 179 Å². The van der Waals surface area contributed by atoms with Crippen LogP contribution >= 0.6 is 0 Å². The normalized spacial score (nSPS) is 44.9. The standard InChI is InChI=1S/C25H35NO4/c1-21(2,3)22(4,28)16-13-23-8-9-25(16,29-5)20-24(23)10-11-26-17(23)12-14-6-7-15(27)19(30-20)18(14)24/h6-7,16-17,20,26-28H,8-13H2,1-5H3/t16-,17?,20-,22+,23-,24+,25-/m1/s1. The summed E-state index contributed by atoms with van der Waals surface area (Å²) in [4.78, 5) is 0. The predicted octanol–water partition coefficient (Wildman–Crippen LogP) is 3.29. The highest BCUT2D eigenvalue weighted by molar-refractivity contribution is 5.63. The number of hydrogen-bond acceptors (Lipinski definition) is 5. The van der Waals surface area contributed by atoms with Crippen LogP contribution in [0.1, 0.15) is 64.5 Å². The average Bonchev–Trinajstić information content (AvgIpc) is 3.05. The van der Waals surface area contributed by atoms with Gasteiger partial charge in [-0.1, -0.05) is 26.8 Å². The molecule has 1 aromatic carbocycles. The van der Waals surface area contributed by atoms with Gasteiger partial charge in [-0.05, 0) is 62.6 Å². The largest absolute Gasteiger partial charge is 0.504 e. The molecule has 4 fully saturated rings. The molecule has 6 aliphatic rings. The number of nitrogens with one attached hydrogen (secondary N) is 1. The summed E-state index contributed by atoms with van der Waals surface area (Å²) >= 11 is 0. The van der Waals surface area contributed by atoms with E-state index in [0.29, 0.717) is 11.8 Å². The summed E-state index contributed by atoms with van der Waals surface area (Å²) in [6.45, 7) is 9.33. The third kappa shape index (κ3) is 1.77. The van der Waals surface area contributed by atoms with E-state index in [9.17, 15) is 10.2 Å². The van der Waals surface area contributed by atoms with E-state index in [1.54, 1.807) is 13.2 Å². The Kier molecular flexibility index (Phi) is 3.46. The predicted molar refractivity (Wildman–Crippen MR) is 114 cm³/mol. The van der Waals surface area contributed by atoms with Gasteiger partial charge < -0.3 is 25.0 Å². The summed E-state index contributed by atoms with van der Waals surface area (Å²) in [5, 5.41) is 26.6.